The summed E-state index contributed by atoms with van der Waals surface area (Å²) in [6, 6.07) is 0. The Kier molecular flexibility index (Phi) is 46.8. The fraction of sp³-hybridized carbons (Fsp3) is 0.600. The first-order valence-electron chi connectivity index (χ1n) is 29.2. The quantitative estimate of drug-likeness (QED) is 0.0228. The van der Waals surface area contributed by atoms with Crippen molar-refractivity contribution in [2.24, 2.45) is 0 Å². The molecule has 0 aromatic rings. The second-order valence-corrected chi connectivity index (χ2v) is 19.1. The van der Waals surface area contributed by atoms with Gasteiger partial charge in [-0.2, -0.15) is 0 Å². The van der Waals surface area contributed by atoms with E-state index in [1.807, 2.05) is 12.2 Å². The molecule has 77 heavy (non-hydrogen) atoms. The van der Waals surface area contributed by atoms with Gasteiger partial charge in [-0.15, -0.1) is 0 Å². The minimum absolute atomic E-state index is 0.0159. The van der Waals surface area contributed by atoms with E-state index in [0.29, 0.717) is 25.7 Å². The molecule has 1 heterocycles. The van der Waals surface area contributed by atoms with Crippen LogP contribution in [-0.2, 0) is 42.9 Å². The predicted molar refractivity (Wildman–Crippen MR) is 312 cm³/mol. The number of unbranched alkanes of at least 4 members (excludes halogenated alkanes) is 11. The lowest BCUT2D eigenvalue weighted by molar-refractivity contribution is -0.301. The molecule has 1 fully saturated rings. The van der Waals surface area contributed by atoms with Gasteiger partial charge in [0.15, 0.2) is 24.6 Å². The molecule has 0 amide bonds. The average Bonchev–Trinajstić information content (AvgIpc) is 3.42. The standard InChI is InChI=1S/C65H100O12/c1-4-7-10-13-16-19-22-25-27-29-31-34-36-39-42-45-48-51-57(66)73-54-56(75-58(67)52-49-46-43-40-37-33-24-21-18-15-12-9-6-3)55-74-65-63(61(70)60(69)62(77-65)64(71)72)76-59(68)53-50-47-44-41-38-35-32-30-28-26-23-20-17-14-11-8-5-2/h7-12,16-21,25-28,32-33,35,37,43,46,56,60-63,65,69-70H,4-6,13-15,22-24,29-31,34,36,38-42,44-45,47-55H2,1-3H3,(H,71,72)/b10-7-,11-8-,12-9-,19-16-,20-17-,21-18-,27-25-,28-26-,35-32-,37-33-,46-43-. The van der Waals surface area contributed by atoms with Crippen LogP contribution in [0.25, 0.3) is 0 Å². The molecular formula is C65H100O12. The Morgan fingerprint density at radius 1 is 0.429 bits per heavy atom. The molecule has 0 saturated carbocycles. The molecule has 0 aromatic heterocycles. The van der Waals surface area contributed by atoms with Crippen molar-refractivity contribution in [3.63, 3.8) is 0 Å². The summed E-state index contributed by atoms with van der Waals surface area (Å²) in [5.74, 6) is -3.30. The molecule has 432 valence electrons. The molecule has 0 aromatic carbocycles. The van der Waals surface area contributed by atoms with E-state index in [0.717, 1.165) is 135 Å². The van der Waals surface area contributed by atoms with Crippen molar-refractivity contribution >= 4 is 23.9 Å². The number of hydrogen-bond donors (Lipinski definition) is 3. The first-order chi connectivity index (χ1) is 37.6. The summed E-state index contributed by atoms with van der Waals surface area (Å²) in [6.07, 6.45) is 60.1. The highest BCUT2D eigenvalue weighted by Crippen LogP contribution is 2.26. The van der Waals surface area contributed by atoms with Gasteiger partial charge in [0.1, 0.15) is 18.8 Å². The van der Waals surface area contributed by atoms with Gasteiger partial charge in [0.05, 0.1) is 6.61 Å². The topological polar surface area (TPSA) is 175 Å². The van der Waals surface area contributed by atoms with Crippen molar-refractivity contribution in [2.45, 2.75) is 237 Å². The van der Waals surface area contributed by atoms with Gasteiger partial charge < -0.3 is 39.0 Å². The molecule has 12 nitrogen and oxygen atoms in total. The summed E-state index contributed by atoms with van der Waals surface area (Å²) >= 11 is 0. The van der Waals surface area contributed by atoms with Crippen LogP contribution < -0.4 is 0 Å². The number of carboxylic acid groups (broad SMARTS) is 1. The van der Waals surface area contributed by atoms with E-state index in [-0.39, 0.29) is 25.9 Å². The van der Waals surface area contributed by atoms with E-state index in [4.69, 9.17) is 23.7 Å². The summed E-state index contributed by atoms with van der Waals surface area (Å²) in [4.78, 5) is 51.1. The minimum atomic E-state index is -1.93. The fourth-order valence-electron chi connectivity index (χ4n) is 7.86. The lowest BCUT2D eigenvalue weighted by Gasteiger charge is -2.40. The summed E-state index contributed by atoms with van der Waals surface area (Å²) in [5, 5.41) is 31.5. The van der Waals surface area contributed by atoms with Gasteiger partial charge in [-0.3, -0.25) is 14.4 Å². The van der Waals surface area contributed by atoms with E-state index in [1.165, 1.54) is 0 Å². The van der Waals surface area contributed by atoms with Crippen LogP contribution in [0, 0.1) is 0 Å². The normalized spacial score (nSPS) is 19.0. The Balaban J connectivity index is 2.75. The average molecular weight is 1070 g/mol. The third-order valence-electron chi connectivity index (χ3n) is 12.2. The van der Waals surface area contributed by atoms with Gasteiger partial charge >= 0.3 is 23.9 Å². The fourth-order valence-corrected chi connectivity index (χ4v) is 7.86. The van der Waals surface area contributed by atoms with E-state index in [9.17, 15) is 34.5 Å². The number of hydrogen-bond acceptors (Lipinski definition) is 11. The van der Waals surface area contributed by atoms with Crippen molar-refractivity contribution in [2.75, 3.05) is 13.2 Å². The third kappa shape index (κ3) is 41.6. The molecule has 1 aliphatic rings. The van der Waals surface area contributed by atoms with Gasteiger partial charge in [-0.05, 0) is 116 Å². The number of carbonyl (C=O) groups is 4. The molecule has 3 N–H and O–H groups in total. The zero-order chi connectivity index (χ0) is 56.1. The van der Waals surface area contributed by atoms with E-state index in [2.05, 4.69) is 142 Å². The maximum Gasteiger partial charge on any atom is 0.335 e. The molecule has 0 aliphatic carbocycles. The van der Waals surface area contributed by atoms with Crippen LogP contribution in [0.4, 0.5) is 0 Å². The van der Waals surface area contributed by atoms with Crippen LogP contribution in [0.3, 0.4) is 0 Å². The van der Waals surface area contributed by atoms with Crippen molar-refractivity contribution in [1.29, 1.82) is 0 Å². The van der Waals surface area contributed by atoms with Crippen LogP contribution in [0.2, 0.25) is 0 Å². The van der Waals surface area contributed by atoms with Crippen LogP contribution in [0.1, 0.15) is 201 Å². The molecule has 6 atom stereocenters. The second kappa shape index (κ2) is 51.6. The number of ether oxygens (including phenoxy) is 5. The van der Waals surface area contributed by atoms with E-state index in [1.54, 1.807) is 0 Å². The van der Waals surface area contributed by atoms with Crippen LogP contribution in [0.15, 0.2) is 134 Å². The summed E-state index contributed by atoms with van der Waals surface area (Å²) in [7, 11) is 0. The third-order valence-corrected chi connectivity index (χ3v) is 12.2. The van der Waals surface area contributed by atoms with Gasteiger partial charge in [0.25, 0.3) is 0 Å². The first kappa shape index (κ1) is 69.9. The molecule has 1 rings (SSSR count). The number of allylic oxidation sites excluding steroid dienone is 22. The molecule has 6 unspecified atom stereocenters. The molecule has 1 aliphatic heterocycles. The van der Waals surface area contributed by atoms with Crippen LogP contribution in [0.5, 0.6) is 0 Å². The molecule has 0 spiro atoms. The van der Waals surface area contributed by atoms with E-state index >= 15 is 0 Å². The molecule has 0 bridgehead atoms. The largest absolute Gasteiger partial charge is 0.479 e. The monoisotopic (exact) mass is 1070 g/mol. The second-order valence-electron chi connectivity index (χ2n) is 19.1. The van der Waals surface area contributed by atoms with Gasteiger partial charge in [0.2, 0.25) is 0 Å². The van der Waals surface area contributed by atoms with Gasteiger partial charge in [-0.1, -0.05) is 199 Å². The van der Waals surface area contributed by atoms with Crippen molar-refractivity contribution in [3.05, 3.63) is 134 Å². The Morgan fingerprint density at radius 2 is 0.805 bits per heavy atom. The minimum Gasteiger partial charge on any atom is -0.479 e. The van der Waals surface area contributed by atoms with Gasteiger partial charge in [0, 0.05) is 19.3 Å². The summed E-state index contributed by atoms with van der Waals surface area (Å²) < 4.78 is 28.3. The lowest BCUT2D eigenvalue weighted by atomic mass is 9.98. The number of aliphatic carboxylic acids is 1. The van der Waals surface area contributed by atoms with Crippen LogP contribution >= 0.6 is 0 Å². The number of esters is 3. The first-order valence-corrected chi connectivity index (χ1v) is 29.2. The Labute approximate surface area is 464 Å². The molecular weight excluding hydrogens is 973 g/mol. The number of rotatable bonds is 47. The Bertz CT molecular complexity index is 1850. The lowest BCUT2D eigenvalue weighted by Crippen LogP contribution is -2.61. The number of carboxylic acids is 1. The molecule has 12 heteroatoms. The maximum absolute atomic E-state index is 13.1. The summed E-state index contributed by atoms with van der Waals surface area (Å²) in [6.45, 7) is 5.55. The van der Waals surface area contributed by atoms with Crippen molar-refractivity contribution in [3.8, 4) is 0 Å². The number of aliphatic hydroxyl groups excluding tert-OH is 2. The SMILES string of the molecule is CC/C=C\C/C=C\C/C=C\C/C=C\CCCCCCC(=O)OC1C(OCC(COC(=O)CCCCCCCCC/C=C\C/C=C\C/C=C\CC)OC(=O)CC/C=C\C/C=C\C/C=C\C/C=C\CC)OC(C(=O)O)C(O)C1O. The zero-order valence-electron chi connectivity index (χ0n) is 47.4. The highest BCUT2D eigenvalue weighted by molar-refractivity contribution is 5.74. The maximum atomic E-state index is 13.1. The number of aliphatic hydroxyl groups is 2. The van der Waals surface area contributed by atoms with Crippen LogP contribution in [-0.4, -0.2) is 89.2 Å². The molecule has 0 radical (unpaired) electrons. The smallest absolute Gasteiger partial charge is 0.335 e. The highest BCUT2D eigenvalue weighted by Gasteiger charge is 2.50. The van der Waals surface area contributed by atoms with Crippen molar-refractivity contribution in [1.82, 2.24) is 0 Å². The van der Waals surface area contributed by atoms with E-state index < -0.39 is 67.3 Å². The molecule has 1 saturated heterocycles. The Morgan fingerprint density at radius 3 is 1.23 bits per heavy atom. The van der Waals surface area contributed by atoms with Gasteiger partial charge in [-0.25, -0.2) is 4.79 Å². The number of carbonyl (C=O) groups excluding carboxylic acids is 3. The van der Waals surface area contributed by atoms with Crippen molar-refractivity contribution < 1.29 is 58.2 Å². The Hall–Kier alpha value is -5.14. The summed E-state index contributed by atoms with van der Waals surface area (Å²) in [5.41, 5.74) is 0. The highest BCUT2D eigenvalue weighted by atomic mass is 16.7. The zero-order valence-corrected chi connectivity index (χ0v) is 47.4. The predicted octanol–water partition coefficient (Wildman–Crippen LogP) is 15.0.